The number of nitro benzene ring substituents is 1. The van der Waals surface area contributed by atoms with E-state index in [0.717, 1.165) is 31.6 Å². The molecule has 1 saturated heterocycles. The zero-order chi connectivity index (χ0) is 13.1. The summed E-state index contributed by atoms with van der Waals surface area (Å²) in [6.45, 7) is 1.57. The van der Waals surface area contributed by atoms with Crippen LogP contribution in [0.1, 0.15) is 18.4 Å². The van der Waals surface area contributed by atoms with E-state index in [1.807, 2.05) is 6.07 Å². The highest BCUT2D eigenvalue weighted by atomic mass is 16.6. The molecule has 94 valence electrons. The summed E-state index contributed by atoms with van der Waals surface area (Å²) in [7, 11) is 0. The van der Waals surface area contributed by atoms with Crippen molar-refractivity contribution in [2.75, 3.05) is 18.0 Å². The summed E-state index contributed by atoms with van der Waals surface area (Å²) in [5.41, 5.74) is 6.88. The molecule has 2 rings (SSSR count). The highest BCUT2D eigenvalue weighted by Crippen LogP contribution is 2.27. The Hall–Kier alpha value is -2.13. The Labute approximate surface area is 105 Å². The second-order valence-electron chi connectivity index (χ2n) is 4.39. The molecule has 0 aromatic heterocycles. The van der Waals surface area contributed by atoms with Gasteiger partial charge in [0.15, 0.2) is 0 Å². The largest absolute Gasteiger partial charge is 0.370 e. The number of hydrogen-bond acceptors (Lipinski definition) is 5. The van der Waals surface area contributed by atoms with Crippen LogP contribution in [0, 0.1) is 21.4 Å². The van der Waals surface area contributed by atoms with Gasteiger partial charge in [-0.05, 0) is 18.9 Å². The Bertz CT molecular complexity index is 501. The van der Waals surface area contributed by atoms with Gasteiger partial charge in [0, 0.05) is 31.3 Å². The third-order valence-corrected chi connectivity index (χ3v) is 3.19. The number of piperidine rings is 1. The molecule has 6 heteroatoms. The predicted molar refractivity (Wildman–Crippen MR) is 67.2 cm³/mol. The molecule has 6 nitrogen and oxygen atoms in total. The second-order valence-corrected chi connectivity index (χ2v) is 4.39. The summed E-state index contributed by atoms with van der Waals surface area (Å²) in [6.07, 6.45) is 1.75. The second kappa shape index (κ2) is 5.02. The van der Waals surface area contributed by atoms with Gasteiger partial charge in [-0.2, -0.15) is 5.26 Å². The van der Waals surface area contributed by atoms with Crippen molar-refractivity contribution in [3.8, 4) is 6.07 Å². The van der Waals surface area contributed by atoms with Gasteiger partial charge in [0.1, 0.15) is 6.07 Å². The van der Waals surface area contributed by atoms with Crippen LogP contribution in [0.5, 0.6) is 0 Å². The lowest BCUT2D eigenvalue weighted by Gasteiger charge is -2.32. The lowest BCUT2D eigenvalue weighted by atomic mass is 10.0. The quantitative estimate of drug-likeness (QED) is 0.628. The maximum Gasteiger partial charge on any atom is 0.270 e. The standard InChI is InChI=1S/C12H14N4O2/c13-8-9-7-11(16(17)18)1-2-12(9)15-5-3-10(14)4-6-15/h1-2,7,10H,3-6,14H2. The number of non-ortho nitro benzene ring substituents is 1. The first-order valence-corrected chi connectivity index (χ1v) is 5.81. The molecule has 1 aromatic rings. The van der Waals surface area contributed by atoms with Gasteiger partial charge in [-0.15, -0.1) is 0 Å². The fourth-order valence-electron chi connectivity index (χ4n) is 2.14. The van der Waals surface area contributed by atoms with E-state index in [9.17, 15) is 10.1 Å². The minimum absolute atomic E-state index is 0.0518. The summed E-state index contributed by atoms with van der Waals surface area (Å²) < 4.78 is 0. The van der Waals surface area contributed by atoms with Crippen LogP contribution in [0.25, 0.3) is 0 Å². The van der Waals surface area contributed by atoms with E-state index in [1.54, 1.807) is 6.07 Å². The summed E-state index contributed by atoms with van der Waals surface area (Å²) in [6, 6.07) is 6.64. The lowest BCUT2D eigenvalue weighted by molar-refractivity contribution is -0.384. The fourth-order valence-corrected chi connectivity index (χ4v) is 2.14. The van der Waals surface area contributed by atoms with Crippen LogP contribution in [-0.4, -0.2) is 24.1 Å². The van der Waals surface area contributed by atoms with E-state index in [1.165, 1.54) is 12.1 Å². The molecule has 0 aliphatic carbocycles. The number of benzene rings is 1. The minimum Gasteiger partial charge on any atom is -0.370 e. The van der Waals surface area contributed by atoms with E-state index in [0.29, 0.717) is 5.56 Å². The average Bonchev–Trinajstić information content (AvgIpc) is 2.39. The Morgan fingerprint density at radius 1 is 1.44 bits per heavy atom. The van der Waals surface area contributed by atoms with Crippen molar-refractivity contribution in [3.63, 3.8) is 0 Å². The molecule has 0 bridgehead atoms. The number of anilines is 1. The van der Waals surface area contributed by atoms with Crippen LogP contribution in [0.3, 0.4) is 0 Å². The van der Waals surface area contributed by atoms with Crippen molar-refractivity contribution in [1.29, 1.82) is 5.26 Å². The van der Waals surface area contributed by atoms with Crippen molar-refractivity contribution in [3.05, 3.63) is 33.9 Å². The number of rotatable bonds is 2. The van der Waals surface area contributed by atoms with Gasteiger partial charge in [-0.1, -0.05) is 0 Å². The molecule has 1 aliphatic heterocycles. The number of nitro groups is 1. The Kier molecular flexibility index (Phi) is 3.44. The Morgan fingerprint density at radius 3 is 2.67 bits per heavy atom. The van der Waals surface area contributed by atoms with Crippen LogP contribution < -0.4 is 10.6 Å². The highest BCUT2D eigenvalue weighted by Gasteiger charge is 2.20. The number of hydrogen-bond donors (Lipinski definition) is 1. The highest BCUT2D eigenvalue weighted by molar-refractivity contribution is 5.63. The van der Waals surface area contributed by atoms with Crippen LogP contribution in [0.15, 0.2) is 18.2 Å². The molecule has 0 radical (unpaired) electrons. The van der Waals surface area contributed by atoms with E-state index >= 15 is 0 Å². The van der Waals surface area contributed by atoms with Crippen molar-refractivity contribution >= 4 is 11.4 Å². The molecule has 1 aliphatic rings. The fraction of sp³-hybridized carbons (Fsp3) is 0.417. The molecule has 0 amide bonds. The summed E-state index contributed by atoms with van der Waals surface area (Å²) >= 11 is 0. The van der Waals surface area contributed by atoms with Crippen LogP contribution >= 0.6 is 0 Å². The monoisotopic (exact) mass is 246 g/mol. The SMILES string of the molecule is N#Cc1cc([N+](=O)[O-])ccc1N1CCC(N)CC1. The maximum absolute atomic E-state index is 10.7. The topological polar surface area (TPSA) is 96.2 Å². The summed E-state index contributed by atoms with van der Waals surface area (Å²) in [4.78, 5) is 12.2. The van der Waals surface area contributed by atoms with Crippen molar-refractivity contribution in [1.82, 2.24) is 0 Å². The molecule has 18 heavy (non-hydrogen) atoms. The van der Waals surface area contributed by atoms with E-state index in [2.05, 4.69) is 4.90 Å². The van der Waals surface area contributed by atoms with Crippen molar-refractivity contribution in [2.45, 2.75) is 18.9 Å². The first-order valence-electron chi connectivity index (χ1n) is 5.81. The minimum atomic E-state index is -0.489. The molecule has 1 aromatic carbocycles. The normalized spacial score (nSPS) is 16.3. The average molecular weight is 246 g/mol. The molecule has 2 N–H and O–H groups in total. The summed E-state index contributed by atoms with van der Waals surface area (Å²) in [5, 5.41) is 19.7. The predicted octanol–water partition coefficient (Wildman–Crippen LogP) is 1.39. The van der Waals surface area contributed by atoms with Gasteiger partial charge >= 0.3 is 0 Å². The van der Waals surface area contributed by atoms with Gasteiger partial charge in [0.25, 0.3) is 5.69 Å². The van der Waals surface area contributed by atoms with Gasteiger partial charge in [-0.3, -0.25) is 10.1 Å². The van der Waals surface area contributed by atoms with Crippen LogP contribution in [-0.2, 0) is 0 Å². The number of nitrogens with two attached hydrogens (primary N) is 1. The van der Waals surface area contributed by atoms with E-state index in [4.69, 9.17) is 11.0 Å². The molecule has 1 fully saturated rings. The number of nitrogens with zero attached hydrogens (tertiary/aromatic N) is 3. The van der Waals surface area contributed by atoms with E-state index in [-0.39, 0.29) is 11.7 Å². The summed E-state index contributed by atoms with van der Waals surface area (Å²) in [5.74, 6) is 0. The number of nitriles is 1. The third kappa shape index (κ3) is 2.41. The smallest absolute Gasteiger partial charge is 0.270 e. The van der Waals surface area contributed by atoms with Gasteiger partial charge in [0.05, 0.1) is 16.2 Å². The van der Waals surface area contributed by atoms with Crippen LogP contribution in [0.2, 0.25) is 0 Å². The van der Waals surface area contributed by atoms with Crippen LogP contribution in [0.4, 0.5) is 11.4 Å². The molecular weight excluding hydrogens is 232 g/mol. The Balaban J connectivity index is 2.28. The molecule has 1 heterocycles. The zero-order valence-corrected chi connectivity index (χ0v) is 9.87. The molecule has 0 spiro atoms. The first kappa shape index (κ1) is 12.3. The van der Waals surface area contributed by atoms with Crippen molar-refractivity contribution in [2.24, 2.45) is 5.73 Å². The Morgan fingerprint density at radius 2 is 2.11 bits per heavy atom. The molecule has 0 saturated carbocycles. The zero-order valence-electron chi connectivity index (χ0n) is 9.87. The lowest BCUT2D eigenvalue weighted by Crippen LogP contribution is -2.39. The third-order valence-electron chi connectivity index (χ3n) is 3.19. The maximum atomic E-state index is 10.7. The molecular formula is C12H14N4O2. The van der Waals surface area contributed by atoms with Gasteiger partial charge < -0.3 is 10.6 Å². The van der Waals surface area contributed by atoms with Gasteiger partial charge in [-0.25, -0.2) is 0 Å². The molecule has 0 atom stereocenters. The van der Waals surface area contributed by atoms with Crippen molar-refractivity contribution < 1.29 is 4.92 Å². The first-order chi connectivity index (χ1) is 8.61. The van der Waals surface area contributed by atoms with E-state index < -0.39 is 4.92 Å². The van der Waals surface area contributed by atoms with Gasteiger partial charge in [0.2, 0.25) is 0 Å². The molecule has 0 unspecified atom stereocenters.